The van der Waals surface area contributed by atoms with E-state index in [0.29, 0.717) is 6.04 Å². The summed E-state index contributed by atoms with van der Waals surface area (Å²) in [6.07, 6.45) is 2.37. The quantitative estimate of drug-likeness (QED) is 0.260. The Morgan fingerprint density at radius 1 is 0.806 bits per heavy atom. The van der Waals surface area contributed by atoms with Gasteiger partial charge in [-0.05, 0) is 77.5 Å². The minimum atomic E-state index is -0.701. The van der Waals surface area contributed by atoms with Gasteiger partial charge in [-0.1, -0.05) is 88.0 Å². The van der Waals surface area contributed by atoms with Crippen LogP contribution in [0.4, 0.5) is 0 Å². The Hall–Kier alpha value is -0.383. The van der Waals surface area contributed by atoms with Crippen molar-refractivity contribution in [3.8, 4) is 0 Å². The zero-order chi connectivity index (χ0) is 26.2. The van der Waals surface area contributed by atoms with Crippen LogP contribution in [-0.4, -0.2) is 33.1 Å². The lowest BCUT2D eigenvalue weighted by Crippen LogP contribution is -2.47. The van der Waals surface area contributed by atoms with Crippen LogP contribution >= 0.6 is 42.2 Å². The lowest BCUT2D eigenvalue weighted by atomic mass is 9.67. The Morgan fingerprint density at radius 2 is 1.25 bits per heavy atom. The van der Waals surface area contributed by atoms with Gasteiger partial charge >= 0.3 is 15.7 Å². The molecule has 0 aliphatic carbocycles. The van der Waals surface area contributed by atoms with E-state index in [1.807, 2.05) is 0 Å². The smallest absolute Gasteiger partial charge is 0.402 e. The summed E-state index contributed by atoms with van der Waals surface area (Å²) >= 11 is 9.73. The predicted molar refractivity (Wildman–Crippen MR) is 167 cm³/mol. The van der Waals surface area contributed by atoms with Gasteiger partial charge in [-0.15, -0.1) is 0 Å². The molecule has 0 radical (unpaired) electrons. The first-order valence-corrected chi connectivity index (χ1v) is 22.2. The molecule has 0 unspecified atom stereocenters. The van der Waals surface area contributed by atoms with E-state index >= 15 is 0 Å². The van der Waals surface area contributed by atoms with Gasteiger partial charge in [0.15, 0.2) is 0 Å². The van der Waals surface area contributed by atoms with E-state index < -0.39 is 14.3 Å². The third-order valence-electron chi connectivity index (χ3n) is 7.45. The second-order valence-electron chi connectivity index (χ2n) is 10.4. The van der Waals surface area contributed by atoms with Gasteiger partial charge < -0.3 is 9.47 Å². The van der Waals surface area contributed by atoms with Crippen LogP contribution in [0.15, 0.2) is 54.6 Å². The summed E-state index contributed by atoms with van der Waals surface area (Å²) in [7, 11) is -0.724. The van der Waals surface area contributed by atoms with E-state index in [1.165, 1.54) is 56.4 Å². The van der Waals surface area contributed by atoms with Crippen LogP contribution in [0.3, 0.4) is 0 Å². The SMILES string of the molecule is Cc1cc(C)cc(C2(c3cc(C)cc(C)c3)OB(c3c(C)cccc3C)N3CCC[C@H]32)c1.[Br][Al]([Br])[Br]. The molecule has 2 nitrogen and oxygen atoms in total. The van der Waals surface area contributed by atoms with Crippen molar-refractivity contribution in [2.45, 2.75) is 66.0 Å². The lowest BCUT2D eigenvalue weighted by molar-refractivity contribution is 0.106. The lowest BCUT2D eigenvalue weighted by Gasteiger charge is -2.37. The molecule has 5 rings (SSSR count). The summed E-state index contributed by atoms with van der Waals surface area (Å²) < 4.78 is 7.38. The van der Waals surface area contributed by atoms with Crippen LogP contribution < -0.4 is 5.46 Å². The van der Waals surface area contributed by atoms with Gasteiger partial charge in [-0.2, -0.15) is 42.2 Å². The predicted octanol–water partition coefficient (Wildman–Crippen LogP) is 7.83. The maximum Gasteiger partial charge on any atom is 0.542 e. The van der Waals surface area contributed by atoms with Crippen LogP contribution in [0.25, 0.3) is 0 Å². The topological polar surface area (TPSA) is 12.5 Å². The third kappa shape index (κ3) is 5.79. The van der Waals surface area contributed by atoms with Crippen molar-refractivity contribution in [2.75, 3.05) is 6.54 Å². The number of aryl methyl sites for hydroxylation is 6. The molecular formula is C29H34AlBBr3NO. The number of rotatable bonds is 3. The van der Waals surface area contributed by atoms with Gasteiger partial charge in [0.25, 0.3) is 0 Å². The Balaban J connectivity index is 0.000000709. The molecule has 3 aromatic carbocycles. The summed E-state index contributed by atoms with van der Waals surface area (Å²) in [5.41, 5.74) is 11.3. The monoisotopic (exact) mass is 687 g/mol. The highest BCUT2D eigenvalue weighted by Gasteiger charge is 2.59. The molecular weight excluding hydrogens is 656 g/mol. The standard InChI is InChI=1S/C29H34BNO.Al.3BrH/c1-19-13-20(2)16-25(15-19)29(26-17-21(3)14-22(4)18-26)27-11-8-12-31(27)30(32-29)28-23(5)9-7-10-24(28)6;;;;/h7,9-10,13-18,27H,8,11-12H2,1-6H3;;3*1H/q;+3;;;/p-3/t27-;;;;/m0..../s1. The zero-order valence-corrected chi connectivity index (χ0v) is 28.0. The van der Waals surface area contributed by atoms with E-state index in [1.54, 1.807) is 0 Å². The normalized spacial score (nSPS) is 18.6. The van der Waals surface area contributed by atoms with Crippen molar-refractivity contribution in [2.24, 2.45) is 0 Å². The maximum atomic E-state index is 7.38. The summed E-state index contributed by atoms with van der Waals surface area (Å²) in [6, 6.07) is 20.9. The van der Waals surface area contributed by atoms with Crippen LogP contribution in [0, 0.1) is 41.5 Å². The van der Waals surface area contributed by atoms with Gasteiger partial charge in [0, 0.05) is 6.04 Å². The number of fused-ring (bicyclic) bond motifs is 1. The third-order valence-corrected chi connectivity index (χ3v) is 7.45. The van der Waals surface area contributed by atoms with Gasteiger partial charge in [0.1, 0.15) is 5.60 Å². The van der Waals surface area contributed by atoms with Crippen molar-refractivity contribution in [3.05, 3.63) is 99.1 Å². The molecule has 2 saturated heterocycles. The van der Waals surface area contributed by atoms with Crippen molar-refractivity contribution in [1.82, 2.24) is 4.81 Å². The second-order valence-corrected chi connectivity index (χ2v) is 30.2. The van der Waals surface area contributed by atoms with Gasteiger partial charge in [-0.3, -0.25) is 0 Å². The highest BCUT2D eigenvalue weighted by atomic mass is 80.0. The number of halogens is 3. The van der Waals surface area contributed by atoms with E-state index in [0.717, 1.165) is 13.0 Å². The number of hydrogen-bond acceptors (Lipinski definition) is 2. The molecule has 0 saturated carbocycles. The molecule has 0 bridgehead atoms. The van der Waals surface area contributed by atoms with Crippen molar-refractivity contribution < 1.29 is 4.65 Å². The molecule has 3 aromatic rings. The molecule has 0 spiro atoms. The highest BCUT2D eigenvalue weighted by Crippen LogP contribution is 2.49. The molecule has 2 heterocycles. The van der Waals surface area contributed by atoms with E-state index in [-0.39, 0.29) is 7.05 Å². The van der Waals surface area contributed by atoms with Crippen LogP contribution in [0.5, 0.6) is 0 Å². The largest absolute Gasteiger partial charge is 0.542 e. The van der Waals surface area contributed by atoms with Gasteiger partial charge in [0.2, 0.25) is 0 Å². The fourth-order valence-corrected chi connectivity index (χ4v) is 6.34. The maximum absolute atomic E-state index is 7.38. The van der Waals surface area contributed by atoms with E-state index in [9.17, 15) is 0 Å². The molecule has 0 amide bonds. The van der Waals surface area contributed by atoms with Gasteiger partial charge in [-0.25, -0.2) is 0 Å². The first-order chi connectivity index (χ1) is 17.0. The molecule has 188 valence electrons. The first kappa shape index (κ1) is 28.6. The first-order valence-electron chi connectivity index (χ1n) is 12.6. The van der Waals surface area contributed by atoms with E-state index in [2.05, 4.69) is 143 Å². The van der Waals surface area contributed by atoms with Crippen molar-refractivity contribution in [3.63, 3.8) is 0 Å². The molecule has 1 atom stereocenters. The average molecular weight is 690 g/mol. The molecule has 2 aliphatic heterocycles. The summed E-state index contributed by atoms with van der Waals surface area (Å²) in [6.45, 7) is 14.4. The zero-order valence-electron chi connectivity index (χ0n) is 22.0. The Bertz CT molecular complexity index is 1140. The Morgan fingerprint density at radius 3 is 1.69 bits per heavy atom. The fourth-order valence-electron chi connectivity index (χ4n) is 6.34. The Labute approximate surface area is 242 Å². The van der Waals surface area contributed by atoms with Crippen LogP contribution in [-0.2, 0) is 10.3 Å². The average Bonchev–Trinajstić information content (AvgIpc) is 3.35. The molecule has 36 heavy (non-hydrogen) atoms. The number of benzene rings is 3. The molecule has 7 heteroatoms. The minimum Gasteiger partial charge on any atom is -0.402 e. The fraction of sp³-hybridized carbons (Fsp3) is 0.379. The molecule has 0 N–H and O–H groups in total. The minimum absolute atomic E-state index is 0.0228. The van der Waals surface area contributed by atoms with Crippen LogP contribution in [0.1, 0.15) is 57.3 Å². The van der Waals surface area contributed by atoms with Crippen LogP contribution in [0.2, 0.25) is 0 Å². The van der Waals surface area contributed by atoms with E-state index in [4.69, 9.17) is 4.65 Å². The summed E-state index contributed by atoms with van der Waals surface area (Å²) in [4.78, 5) is 2.64. The molecule has 0 aromatic heterocycles. The van der Waals surface area contributed by atoms with Crippen molar-refractivity contribution in [1.29, 1.82) is 0 Å². The van der Waals surface area contributed by atoms with Gasteiger partial charge in [0.05, 0.1) is 0 Å². The van der Waals surface area contributed by atoms with Crippen molar-refractivity contribution >= 4 is 63.3 Å². The number of nitrogens with zero attached hydrogens (tertiary/aromatic N) is 1. The summed E-state index contributed by atoms with van der Waals surface area (Å²) in [5.74, 6) is 0. The Kier molecular flexibility index (Phi) is 9.37. The number of hydrogen-bond donors (Lipinski definition) is 0. The second kappa shape index (κ2) is 11.8. The molecule has 2 fully saturated rings. The summed E-state index contributed by atoms with van der Waals surface area (Å²) in [5, 5.41) is 0. The highest BCUT2D eigenvalue weighted by molar-refractivity contribution is 9.69. The molecule has 2 aliphatic rings.